The molecular formula is C4H5Cl2F3O4S. The van der Waals surface area contributed by atoms with Crippen molar-refractivity contribution in [2.45, 2.75) is 22.4 Å². The van der Waals surface area contributed by atoms with Crippen LogP contribution in [0.2, 0.25) is 0 Å². The van der Waals surface area contributed by atoms with E-state index in [1.54, 1.807) is 0 Å². The van der Waals surface area contributed by atoms with Crippen molar-refractivity contribution in [2.75, 3.05) is 0 Å². The van der Waals surface area contributed by atoms with E-state index in [1.807, 2.05) is 0 Å². The van der Waals surface area contributed by atoms with E-state index >= 15 is 0 Å². The molecule has 0 aromatic heterocycles. The smallest absolute Gasteiger partial charge is 0.375 e. The molecule has 0 fully saturated rings. The van der Waals surface area contributed by atoms with E-state index < -0.39 is 32.5 Å². The van der Waals surface area contributed by atoms with E-state index in [0.717, 1.165) is 0 Å². The lowest BCUT2D eigenvalue weighted by Crippen LogP contribution is -2.39. The fourth-order valence-electron chi connectivity index (χ4n) is 0.440. The zero-order valence-corrected chi connectivity index (χ0v) is 8.62. The van der Waals surface area contributed by atoms with Crippen LogP contribution in [0.25, 0.3) is 0 Å². The highest BCUT2D eigenvalue weighted by Gasteiger charge is 2.54. The normalized spacial score (nSPS) is 16.8. The predicted octanol–water partition coefficient (Wildman–Crippen LogP) is 1.32. The highest BCUT2D eigenvalue weighted by molar-refractivity contribution is 7.86. The summed E-state index contributed by atoms with van der Waals surface area (Å²) in [5.74, 6) is 0. The first-order chi connectivity index (χ1) is 5.88. The summed E-state index contributed by atoms with van der Waals surface area (Å²) >= 11 is 9.44. The molecule has 0 rings (SSSR count). The fraction of sp³-hybridized carbons (Fsp3) is 1.00. The van der Waals surface area contributed by atoms with Crippen LogP contribution in [0.4, 0.5) is 13.2 Å². The Bertz CT molecular complexity index is 298. The lowest BCUT2D eigenvalue weighted by Gasteiger charge is -2.23. The number of alkyl halides is 5. The SMILES string of the molecule is O=S(=O)(O)C(O)CC(Cl)(Cl)C(F)(F)F. The highest BCUT2D eigenvalue weighted by Crippen LogP contribution is 2.43. The van der Waals surface area contributed by atoms with Gasteiger partial charge in [0.2, 0.25) is 4.33 Å². The quantitative estimate of drug-likeness (QED) is 0.602. The van der Waals surface area contributed by atoms with E-state index in [1.165, 1.54) is 0 Å². The number of rotatable bonds is 3. The van der Waals surface area contributed by atoms with Crippen LogP contribution in [-0.2, 0) is 10.1 Å². The molecular weight excluding hydrogens is 272 g/mol. The Labute approximate surface area is 87.4 Å². The van der Waals surface area contributed by atoms with E-state index in [4.69, 9.17) is 32.9 Å². The minimum atomic E-state index is -5.11. The summed E-state index contributed by atoms with van der Waals surface area (Å²) in [6.45, 7) is 0. The third-order valence-electron chi connectivity index (χ3n) is 1.19. The largest absolute Gasteiger partial charge is 0.421 e. The molecule has 0 amide bonds. The summed E-state index contributed by atoms with van der Waals surface area (Å²) in [6, 6.07) is 0. The van der Waals surface area contributed by atoms with Gasteiger partial charge in [0.1, 0.15) is 0 Å². The summed E-state index contributed by atoms with van der Waals surface area (Å²) in [4.78, 5) is 0. The third kappa shape index (κ3) is 3.77. The second-order valence-corrected chi connectivity index (χ2v) is 5.43. The molecule has 0 saturated carbocycles. The molecule has 0 bridgehead atoms. The molecule has 2 N–H and O–H groups in total. The fourth-order valence-corrected chi connectivity index (χ4v) is 1.38. The molecule has 0 saturated heterocycles. The van der Waals surface area contributed by atoms with Crippen molar-refractivity contribution in [2.24, 2.45) is 0 Å². The molecule has 0 aliphatic heterocycles. The van der Waals surface area contributed by atoms with Gasteiger partial charge in [0.05, 0.1) is 0 Å². The molecule has 1 atom stereocenters. The molecule has 0 aromatic carbocycles. The second kappa shape index (κ2) is 4.01. The van der Waals surface area contributed by atoms with Crippen LogP contribution >= 0.6 is 23.2 Å². The standard InChI is InChI=1S/C4H5Cl2F3O4S/c5-3(6,4(7,8)9)1-2(10)14(11,12)13/h2,10H,1H2,(H,11,12,13). The number of aliphatic hydroxyl groups excluding tert-OH is 1. The van der Waals surface area contributed by atoms with Crippen molar-refractivity contribution in [1.29, 1.82) is 0 Å². The second-order valence-electron chi connectivity index (χ2n) is 2.38. The average molecular weight is 277 g/mol. The van der Waals surface area contributed by atoms with Crippen LogP contribution in [0.15, 0.2) is 0 Å². The molecule has 0 spiro atoms. The first-order valence-electron chi connectivity index (χ1n) is 2.97. The van der Waals surface area contributed by atoms with Crippen LogP contribution in [-0.4, -0.2) is 34.0 Å². The van der Waals surface area contributed by atoms with Gasteiger partial charge in [-0.05, 0) is 0 Å². The van der Waals surface area contributed by atoms with Crippen molar-refractivity contribution in [3.63, 3.8) is 0 Å². The number of hydrogen-bond acceptors (Lipinski definition) is 3. The van der Waals surface area contributed by atoms with Gasteiger partial charge in [-0.2, -0.15) is 21.6 Å². The van der Waals surface area contributed by atoms with Gasteiger partial charge in [-0.25, -0.2) is 0 Å². The summed E-state index contributed by atoms with van der Waals surface area (Å²) in [5.41, 5.74) is -2.68. The molecule has 0 aliphatic carbocycles. The van der Waals surface area contributed by atoms with Gasteiger partial charge in [-0.15, -0.1) is 0 Å². The first kappa shape index (κ1) is 14.2. The summed E-state index contributed by atoms with van der Waals surface area (Å²) in [7, 11) is -5.01. The predicted molar refractivity (Wildman–Crippen MR) is 42.7 cm³/mol. The molecule has 1 unspecified atom stereocenters. The van der Waals surface area contributed by atoms with E-state index in [9.17, 15) is 21.6 Å². The van der Waals surface area contributed by atoms with Crippen molar-refractivity contribution in [3.8, 4) is 0 Å². The molecule has 86 valence electrons. The van der Waals surface area contributed by atoms with Gasteiger partial charge in [0, 0.05) is 6.42 Å². The van der Waals surface area contributed by atoms with E-state index in [2.05, 4.69) is 0 Å². The average Bonchev–Trinajstić information content (AvgIpc) is 1.80. The molecule has 0 aliphatic rings. The van der Waals surface area contributed by atoms with Gasteiger partial charge in [0.25, 0.3) is 10.1 Å². The molecule has 0 radical (unpaired) electrons. The zero-order chi connectivity index (χ0) is 11.8. The lowest BCUT2D eigenvalue weighted by atomic mass is 10.3. The Morgan fingerprint density at radius 1 is 1.29 bits per heavy atom. The maximum atomic E-state index is 11.9. The summed E-state index contributed by atoms with van der Waals surface area (Å²) in [6.07, 6.45) is -6.68. The van der Waals surface area contributed by atoms with Crippen molar-refractivity contribution >= 4 is 33.3 Å². The topological polar surface area (TPSA) is 74.6 Å². The van der Waals surface area contributed by atoms with Crippen molar-refractivity contribution < 1.29 is 31.2 Å². The van der Waals surface area contributed by atoms with E-state index in [0.29, 0.717) is 0 Å². The Morgan fingerprint density at radius 3 is 1.86 bits per heavy atom. The number of hydrogen-bond donors (Lipinski definition) is 2. The van der Waals surface area contributed by atoms with Gasteiger partial charge in [-0.3, -0.25) is 4.55 Å². The molecule has 10 heteroatoms. The summed E-state index contributed by atoms with van der Waals surface area (Å²) in [5, 5.41) is 8.58. The zero-order valence-electron chi connectivity index (χ0n) is 6.29. The Kier molecular flexibility index (Phi) is 4.08. The molecule has 0 aromatic rings. The van der Waals surface area contributed by atoms with Crippen LogP contribution < -0.4 is 0 Å². The Balaban J connectivity index is 4.70. The molecule has 14 heavy (non-hydrogen) atoms. The van der Waals surface area contributed by atoms with E-state index in [-0.39, 0.29) is 0 Å². The van der Waals surface area contributed by atoms with Gasteiger partial charge < -0.3 is 5.11 Å². The summed E-state index contributed by atoms with van der Waals surface area (Å²) < 4.78 is 60.8. The Hall–Kier alpha value is 0.240. The van der Waals surface area contributed by atoms with Crippen LogP contribution in [0.3, 0.4) is 0 Å². The van der Waals surface area contributed by atoms with Crippen molar-refractivity contribution in [1.82, 2.24) is 0 Å². The maximum absolute atomic E-state index is 11.9. The van der Waals surface area contributed by atoms with Crippen LogP contribution in [0, 0.1) is 0 Å². The van der Waals surface area contributed by atoms with Gasteiger partial charge in [-0.1, -0.05) is 23.2 Å². The van der Waals surface area contributed by atoms with Crippen LogP contribution in [0.1, 0.15) is 6.42 Å². The number of halogens is 5. The molecule has 0 heterocycles. The lowest BCUT2D eigenvalue weighted by molar-refractivity contribution is -0.145. The minimum Gasteiger partial charge on any atom is -0.375 e. The van der Waals surface area contributed by atoms with Crippen LogP contribution in [0.5, 0.6) is 0 Å². The monoisotopic (exact) mass is 276 g/mol. The number of aliphatic hydroxyl groups is 1. The Morgan fingerprint density at radius 2 is 1.64 bits per heavy atom. The maximum Gasteiger partial charge on any atom is 0.421 e. The first-order valence-corrected chi connectivity index (χ1v) is 5.23. The molecule has 4 nitrogen and oxygen atoms in total. The highest BCUT2D eigenvalue weighted by atomic mass is 35.5. The van der Waals surface area contributed by atoms with Gasteiger partial charge in [0.15, 0.2) is 5.44 Å². The van der Waals surface area contributed by atoms with Gasteiger partial charge >= 0.3 is 6.18 Å². The minimum absolute atomic E-state index is 1.57. The third-order valence-corrected chi connectivity index (χ3v) is 2.78. The van der Waals surface area contributed by atoms with Crippen molar-refractivity contribution in [3.05, 3.63) is 0 Å².